The van der Waals surface area contributed by atoms with Gasteiger partial charge in [0.1, 0.15) is 18.0 Å². The van der Waals surface area contributed by atoms with Gasteiger partial charge in [0.25, 0.3) is 0 Å². The van der Waals surface area contributed by atoms with E-state index in [1.54, 1.807) is 0 Å². The SMILES string of the molecule is OCC(O)C(O)c1ccc(C(F)(F)F)c(F)c1. The largest absolute Gasteiger partial charge is 0.419 e. The van der Waals surface area contributed by atoms with Gasteiger partial charge in [-0.3, -0.25) is 0 Å². The molecular weight excluding hydrogens is 244 g/mol. The Hall–Kier alpha value is -1.18. The first-order chi connectivity index (χ1) is 7.77. The third-order valence-electron chi connectivity index (χ3n) is 2.19. The fourth-order valence-corrected chi connectivity index (χ4v) is 1.27. The number of rotatable bonds is 3. The van der Waals surface area contributed by atoms with Crippen molar-refractivity contribution < 1.29 is 32.9 Å². The molecule has 0 saturated heterocycles. The van der Waals surface area contributed by atoms with Gasteiger partial charge in [-0.1, -0.05) is 6.07 Å². The molecule has 0 spiro atoms. The van der Waals surface area contributed by atoms with Gasteiger partial charge in [0.2, 0.25) is 0 Å². The Morgan fingerprint density at radius 2 is 1.76 bits per heavy atom. The van der Waals surface area contributed by atoms with Gasteiger partial charge in [0.05, 0.1) is 12.2 Å². The van der Waals surface area contributed by atoms with Crippen LogP contribution in [0.4, 0.5) is 17.6 Å². The fraction of sp³-hybridized carbons (Fsp3) is 0.400. The molecule has 0 aliphatic rings. The Morgan fingerprint density at radius 3 is 2.18 bits per heavy atom. The Kier molecular flexibility index (Phi) is 4.07. The minimum Gasteiger partial charge on any atom is -0.394 e. The predicted octanol–water partition coefficient (Wildman–Crippen LogP) is 1.23. The molecule has 0 aliphatic carbocycles. The Labute approximate surface area is 93.9 Å². The highest BCUT2D eigenvalue weighted by Crippen LogP contribution is 2.32. The normalized spacial score (nSPS) is 15.7. The minimum atomic E-state index is -4.82. The third kappa shape index (κ3) is 3.15. The summed E-state index contributed by atoms with van der Waals surface area (Å²) in [5.41, 5.74) is -1.69. The molecule has 96 valence electrons. The first-order valence-corrected chi connectivity index (χ1v) is 4.61. The molecule has 3 nitrogen and oxygen atoms in total. The van der Waals surface area contributed by atoms with Crippen LogP contribution >= 0.6 is 0 Å². The zero-order valence-corrected chi connectivity index (χ0v) is 8.45. The third-order valence-corrected chi connectivity index (χ3v) is 2.19. The van der Waals surface area contributed by atoms with Crippen LogP contribution in [-0.2, 0) is 6.18 Å². The zero-order valence-electron chi connectivity index (χ0n) is 8.45. The lowest BCUT2D eigenvalue weighted by Crippen LogP contribution is -2.22. The second kappa shape index (κ2) is 4.99. The van der Waals surface area contributed by atoms with Crippen LogP contribution in [0.5, 0.6) is 0 Å². The Bertz CT molecular complexity index is 392. The van der Waals surface area contributed by atoms with E-state index in [1.165, 1.54) is 0 Å². The summed E-state index contributed by atoms with van der Waals surface area (Å²) >= 11 is 0. The molecule has 1 aromatic carbocycles. The van der Waals surface area contributed by atoms with Crippen LogP contribution in [0, 0.1) is 5.82 Å². The monoisotopic (exact) mass is 254 g/mol. The van der Waals surface area contributed by atoms with Crippen molar-refractivity contribution in [3.05, 3.63) is 35.1 Å². The van der Waals surface area contributed by atoms with Crippen molar-refractivity contribution >= 4 is 0 Å². The second-order valence-corrected chi connectivity index (χ2v) is 3.43. The van der Waals surface area contributed by atoms with Gasteiger partial charge in [-0.2, -0.15) is 13.2 Å². The number of hydrogen-bond acceptors (Lipinski definition) is 3. The first kappa shape index (κ1) is 13.9. The van der Waals surface area contributed by atoms with Crippen molar-refractivity contribution in [2.24, 2.45) is 0 Å². The van der Waals surface area contributed by atoms with E-state index < -0.39 is 36.4 Å². The summed E-state index contributed by atoms with van der Waals surface area (Å²) in [6.45, 7) is -0.788. The van der Waals surface area contributed by atoms with Crippen LogP contribution in [-0.4, -0.2) is 28.0 Å². The quantitative estimate of drug-likeness (QED) is 0.711. The second-order valence-electron chi connectivity index (χ2n) is 3.43. The molecule has 0 saturated carbocycles. The molecule has 0 bridgehead atoms. The van der Waals surface area contributed by atoms with E-state index in [-0.39, 0.29) is 5.56 Å². The minimum absolute atomic E-state index is 0.239. The summed E-state index contributed by atoms with van der Waals surface area (Å²) in [7, 11) is 0. The average Bonchev–Trinajstić information content (AvgIpc) is 2.25. The molecule has 0 heterocycles. The molecular formula is C10H10F4O3. The van der Waals surface area contributed by atoms with E-state index >= 15 is 0 Å². The number of benzene rings is 1. The van der Waals surface area contributed by atoms with Gasteiger partial charge in [0, 0.05) is 0 Å². The standard InChI is InChI=1S/C10H10F4O3/c11-7-3-5(9(17)8(16)4-15)1-2-6(7)10(12,13)14/h1-3,8-9,15-17H,4H2. The van der Waals surface area contributed by atoms with Gasteiger partial charge >= 0.3 is 6.18 Å². The molecule has 0 amide bonds. The topological polar surface area (TPSA) is 60.7 Å². The van der Waals surface area contributed by atoms with Crippen LogP contribution in [0.3, 0.4) is 0 Å². The van der Waals surface area contributed by atoms with Crippen LogP contribution in [0.15, 0.2) is 18.2 Å². The summed E-state index contributed by atoms with van der Waals surface area (Å²) in [5, 5.41) is 26.9. The average molecular weight is 254 g/mol. The molecule has 3 N–H and O–H groups in total. The van der Waals surface area contributed by atoms with Gasteiger partial charge in [-0.05, 0) is 17.7 Å². The highest BCUT2D eigenvalue weighted by molar-refractivity contribution is 5.28. The molecule has 0 aromatic heterocycles. The highest BCUT2D eigenvalue weighted by Gasteiger charge is 2.34. The lowest BCUT2D eigenvalue weighted by molar-refractivity contribution is -0.140. The number of aliphatic hydroxyl groups excluding tert-OH is 3. The van der Waals surface area contributed by atoms with Gasteiger partial charge in [-0.15, -0.1) is 0 Å². The lowest BCUT2D eigenvalue weighted by atomic mass is 10.0. The lowest BCUT2D eigenvalue weighted by Gasteiger charge is -2.17. The Morgan fingerprint density at radius 1 is 1.18 bits per heavy atom. The number of aliphatic hydroxyl groups is 3. The number of halogens is 4. The summed E-state index contributed by atoms with van der Waals surface area (Å²) in [6.07, 6.45) is -8.04. The van der Waals surface area contributed by atoms with Crippen molar-refractivity contribution in [3.8, 4) is 0 Å². The van der Waals surface area contributed by atoms with E-state index in [0.717, 1.165) is 6.07 Å². The van der Waals surface area contributed by atoms with Crippen molar-refractivity contribution in [3.63, 3.8) is 0 Å². The first-order valence-electron chi connectivity index (χ1n) is 4.61. The van der Waals surface area contributed by atoms with Crippen molar-refractivity contribution in [1.29, 1.82) is 0 Å². The van der Waals surface area contributed by atoms with Crippen molar-refractivity contribution in [2.45, 2.75) is 18.4 Å². The van der Waals surface area contributed by atoms with E-state index in [2.05, 4.69) is 0 Å². The molecule has 2 atom stereocenters. The molecule has 2 unspecified atom stereocenters. The zero-order chi connectivity index (χ0) is 13.2. The van der Waals surface area contributed by atoms with Gasteiger partial charge < -0.3 is 15.3 Å². The van der Waals surface area contributed by atoms with Crippen LogP contribution in [0.25, 0.3) is 0 Å². The predicted molar refractivity (Wildman–Crippen MR) is 49.5 cm³/mol. The van der Waals surface area contributed by atoms with Crippen LogP contribution in [0.1, 0.15) is 17.2 Å². The van der Waals surface area contributed by atoms with E-state index in [1.807, 2.05) is 0 Å². The van der Waals surface area contributed by atoms with Crippen molar-refractivity contribution in [1.82, 2.24) is 0 Å². The van der Waals surface area contributed by atoms with Crippen LogP contribution in [0.2, 0.25) is 0 Å². The molecule has 7 heteroatoms. The van der Waals surface area contributed by atoms with E-state index in [9.17, 15) is 22.7 Å². The molecule has 17 heavy (non-hydrogen) atoms. The number of hydrogen-bond donors (Lipinski definition) is 3. The van der Waals surface area contributed by atoms with Gasteiger partial charge in [-0.25, -0.2) is 4.39 Å². The molecule has 0 radical (unpaired) electrons. The molecule has 1 rings (SSSR count). The Balaban J connectivity index is 3.05. The maximum Gasteiger partial charge on any atom is 0.419 e. The molecule has 1 aromatic rings. The van der Waals surface area contributed by atoms with E-state index in [4.69, 9.17) is 10.2 Å². The van der Waals surface area contributed by atoms with Gasteiger partial charge in [0.15, 0.2) is 0 Å². The maximum atomic E-state index is 13.1. The number of alkyl halides is 3. The molecule has 0 fully saturated rings. The maximum absolute atomic E-state index is 13.1. The van der Waals surface area contributed by atoms with Crippen molar-refractivity contribution in [2.75, 3.05) is 6.61 Å². The highest BCUT2D eigenvalue weighted by atomic mass is 19.4. The summed E-state index contributed by atoms with van der Waals surface area (Å²) in [4.78, 5) is 0. The summed E-state index contributed by atoms with van der Waals surface area (Å²) < 4.78 is 49.7. The summed E-state index contributed by atoms with van der Waals surface area (Å²) in [5.74, 6) is -1.54. The smallest absolute Gasteiger partial charge is 0.394 e. The summed E-state index contributed by atoms with van der Waals surface area (Å²) in [6, 6.07) is 1.79. The fourth-order valence-electron chi connectivity index (χ4n) is 1.27. The van der Waals surface area contributed by atoms with Crippen LogP contribution < -0.4 is 0 Å². The van der Waals surface area contributed by atoms with E-state index in [0.29, 0.717) is 12.1 Å². The molecule has 0 aliphatic heterocycles.